The molecule has 1 aliphatic rings. The van der Waals surface area contributed by atoms with E-state index in [0.717, 1.165) is 17.0 Å². The van der Waals surface area contributed by atoms with Gasteiger partial charge in [0.1, 0.15) is 6.04 Å². The lowest BCUT2D eigenvalue weighted by atomic mass is 10.1. The number of carbonyl (C=O) groups excluding carboxylic acids is 1. The molecular weight excluding hydrogens is 232 g/mol. The Balaban J connectivity index is 2.24. The summed E-state index contributed by atoms with van der Waals surface area (Å²) in [7, 11) is 1.78. The number of fused-ring (bicyclic) bond motifs is 1. The highest BCUT2D eigenvalue weighted by molar-refractivity contribution is 7.99. The second kappa shape index (κ2) is 4.70. The maximum atomic E-state index is 11.7. The minimum absolute atomic E-state index is 0.0222. The fourth-order valence-electron chi connectivity index (χ4n) is 1.89. The molecule has 2 N–H and O–H groups in total. The standard InChI is InChI=1S/C13H18N2OS/c1-8(2)7-17-9-4-5-10-11(6-9)15(3)13(16)12(10)14/h4-6,8,12H,7,14H2,1-3H3. The predicted molar refractivity (Wildman–Crippen MR) is 72.3 cm³/mol. The van der Waals surface area contributed by atoms with Crippen LogP contribution in [0.3, 0.4) is 0 Å². The van der Waals surface area contributed by atoms with E-state index in [1.165, 1.54) is 4.90 Å². The van der Waals surface area contributed by atoms with Crippen LogP contribution in [0.15, 0.2) is 23.1 Å². The van der Waals surface area contributed by atoms with Crippen molar-refractivity contribution in [1.82, 2.24) is 0 Å². The molecule has 1 atom stereocenters. The van der Waals surface area contributed by atoms with E-state index < -0.39 is 6.04 Å². The van der Waals surface area contributed by atoms with Gasteiger partial charge in [0, 0.05) is 28.9 Å². The van der Waals surface area contributed by atoms with Crippen LogP contribution in [0.1, 0.15) is 25.5 Å². The number of thioether (sulfide) groups is 1. The first kappa shape index (κ1) is 12.5. The lowest BCUT2D eigenvalue weighted by Gasteiger charge is -2.11. The summed E-state index contributed by atoms with van der Waals surface area (Å²) in [6.07, 6.45) is 0. The van der Waals surface area contributed by atoms with Gasteiger partial charge in [0.15, 0.2) is 0 Å². The number of benzene rings is 1. The van der Waals surface area contributed by atoms with E-state index in [4.69, 9.17) is 5.73 Å². The molecule has 0 saturated heterocycles. The van der Waals surface area contributed by atoms with E-state index in [2.05, 4.69) is 26.0 Å². The molecule has 1 aromatic rings. The number of likely N-dealkylation sites (N-methyl/N-ethyl adjacent to an activating group) is 1. The molecule has 1 aromatic carbocycles. The minimum Gasteiger partial charge on any atom is -0.316 e. The van der Waals surface area contributed by atoms with Crippen LogP contribution in [-0.2, 0) is 4.79 Å². The molecule has 4 heteroatoms. The normalized spacial score (nSPS) is 19.0. The van der Waals surface area contributed by atoms with Gasteiger partial charge in [0.25, 0.3) is 0 Å². The van der Waals surface area contributed by atoms with Gasteiger partial charge in [-0.15, -0.1) is 11.8 Å². The van der Waals surface area contributed by atoms with Gasteiger partial charge >= 0.3 is 0 Å². The van der Waals surface area contributed by atoms with E-state index in [-0.39, 0.29) is 5.91 Å². The first-order valence-corrected chi connectivity index (χ1v) is 6.79. The van der Waals surface area contributed by atoms with Crippen molar-refractivity contribution in [2.24, 2.45) is 11.7 Å². The number of hydrogen-bond donors (Lipinski definition) is 1. The first-order chi connectivity index (χ1) is 8.00. The van der Waals surface area contributed by atoms with Crippen LogP contribution in [0.2, 0.25) is 0 Å². The van der Waals surface area contributed by atoms with E-state index in [1.807, 2.05) is 17.8 Å². The van der Waals surface area contributed by atoms with Crippen LogP contribution in [0, 0.1) is 5.92 Å². The van der Waals surface area contributed by atoms with Gasteiger partial charge < -0.3 is 10.6 Å². The zero-order valence-electron chi connectivity index (χ0n) is 10.4. The van der Waals surface area contributed by atoms with Gasteiger partial charge in [0.05, 0.1) is 0 Å². The molecule has 3 nitrogen and oxygen atoms in total. The highest BCUT2D eigenvalue weighted by atomic mass is 32.2. The molecule has 0 aromatic heterocycles. The van der Waals surface area contributed by atoms with Crippen molar-refractivity contribution in [3.63, 3.8) is 0 Å². The summed E-state index contributed by atoms with van der Waals surface area (Å²) in [4.78, 5) is 14.6. The van der Waals surface area contributed by atoms with Gasteiger partial charge in [-0.05, 0) is 18.1 Å². The van der Waals surface area contributed by atoms with E-state index in [9.17, 15) is 4.79 Å². The van der Waals surface area contributed by atoms with E-state index in [0.29, 0.717) is 5.92 Å². The second-order valence-electron chi connectivity index (χ2n) is 4.80. The van der Waals surface area contributed by atoms with Gasteiger partial charge in [-0.1, -0.05) is 19.9 Å². The highest BCUT2D eigenvalue weighted by Gasteiger charge is 2.32. The Hall–Kier alpha value is -1.00. The van der Waals surface area contributed by atoms with Gasteiger partial charge in [0.2, 0.25) is 5.91 Å². The third-order valence-electron chi connectivity index (χ3n) is 2.88. The molecule has 0 radical (unpaired) electrons. The maximum Gasteiger partial charge on any atom is 0.248 e. The third-order valence-corrected chi connectivity index (χ3v) is 4.30. The zero-order valence-corrected chi connectivity index (χ0v) is 11.3. The molecule has 0 aliphatic carbocycles. The predicted octanol–water partition coefficient (Wildman–Crippen LogP) is 2.41. The van der Waals surface area contributed by atoms with Crippen LogP contribution in [0.5, 0.6) is 0 Å². The van der Waals surface area contributed by atoms with Gasteiger partial charge in [-0.25, -0.2) is 0 Å². The summed E-state index contributed by atoms with van der Waals surface area (Å²) in [5.74, 6) is 1.73. The summed E-state index contributed by atoms with van der Waals surface area (Å²) >= 11 is 1.82. The van der Waals surface area contributed by atoms with E-state index >= 15 is 0 Å². The van der Waals surface area contributed by atoms with Crippen molar-refractivity contribution in [2.45, 2.75) is 24.8 Å². The van der Waals surface area contributed by atoms with E-state index in [1.54, 1.807) is 11.9 Å². The number of nitrogens with zero attached hydrogens (tertiary/aromatic N) is 1. The number of carbonyl (C=O) groups is 1. The van der Waals surface area contributed by atoms with Gasteiger partial charge in [-0.2, -0.15) is 0 Å². The fraction of sp³-hybridized carbons (Fsp3) is 0.462. The maximum absolute atomic E-state index is 11.7. The van der Waals surface area contributed by atoms with Crippen LogP contribution in [-0.4, -0.2) is 18.7 Å². The number of rotatable bonds is 3. The van der Waals surface area contributed by atoms with Crippen LogP contribution in [0.25, 0.3) is 0 Å². The van der Waals surface area contributed by atoms with Crippen molar-refractivity contribution >= 4 is 23.4 Å². The van der Waals surface area contributed by atoms with Crippen molar-refractivity contribution in [3.8, 4) is 0 Å². The minimum atomic E-state index is -0.487. The Morgan fingerprint density at radius 1 is 1.47 bits per heavy atom. The lowest BCUT2D eigenvalue weighted by Crippen LogP contribution is -2.27. The highest BCUT2D eigenvalue weighted by Crippen LogP contribution is 2.36. The molecule has 2 rings (SSSR count). The molecule has 1 unspecified atom stereocenters. The number of nitrogens with two attached hydrogens (primary N) is 1. The molecule has 1 amide bonds. The summed E-state index contributed by atoms with van der Waals surface area (Å²) in [6, 6.07) is 5.61. The summed E-state index contributed by atoms with van der Waals surface area (Å²) in [5, 5.41) is 0. The van der Waals surface area contributed by atoms with Crippen molar-refractivity contribution in [2.75, 3.05) is 17.7 Å². The van der Waals surface area contributed by atoms with Crippen molar-refractivity contribution in [1.29, 1.82) is 0 Å². The number of anilines is 1. The fourth-order valence-corrected chi connectivity index (χ4v) is 2.78. The Bertz CT molecular complexity index is 445. The molecule has 1 heterocycles. The monoisotopic (exact) mass is 250 g/mol. The Labute approximate surface area is 106 Å². The van der Waals surface area contributed by atoms with Crippen molar-refractivity contribution in [3.05, 3.63) is 23.8 Å². The Morgan fingerprint density at radius 3 is 2.82 bits per heavy atom. The quantitative estimate of drug-likeness (QED) is 0.838. The average molecular weight is 250 g/mol. The first-order valence-electron chi connectivity index (χ1n) is 5.80. The SMILES string of the molecule is CC(C)CSc1ccc2c(c1)N(C)C(=O)C2N. The Kier molecular flexibility index (Phi) is 3.45. The molecule has 0 saturated carbocycles. The summed E-state index contributed by atoms with van der Waals surface area (Å²) < 4.78 is 0. The number of hydrogen-bond acceptors (Lipinski definition) is 3. The van der Waals surface area contributed by atoms with Crippen LogP contribution in [0.4, 0.5) is 5.69 Å². The smallest absolute Gasteiger partial charge is 0.248 e. The largest absolute Gasteiger partial charge is 0.316 e. The summed E-state index contributed by atoms with van der Waals surface area (Å²) in [6.45, 7) is 4.40. The Morgan fingerprint density at radius 2 is 2.18 bits per heavy atom. The average Bonchev–Trinajstić information content (AvgIpc) is 2.52. The van der Waals surface area contributed by atoms with Crippen LogP contribution >= 0.6 is 11.8 Å². The second-order valence-corrected chi connectivity index (χ2v) is 5.89. The molecule has 17 heavy (non-hydrogen) atoms. The molecule has 92 valence electrons. The number of amides is 1. The molecule has 1 aliphatic heterocycles. The third kappa shape index (κ3) is 2.33. The molecule has 0 fully saturated rings. The van der Waals surface area contributed by atoms with Gasteiger partial charge in [-0.3, -0.25) is 4.79 Å². The zero-order chi connectivity index (χ0) is 12.6. The molecule has 0 spiro atoms. The molecule has 0 bridgehead atoms. The summed E-state index contributed by atoms with van der Waals surface area (Å²) in [5.41, 5.74) is 7.75. The lowest BCUT2D eigenvalue weighted by molar-refractivity contribution is -0.118. The topological polar surface area (TPSA) is 46.3 Å². The van der Waals surface area contributed by atoms with Crippen molar-refractivity contribution < 1.29 is 4.79 Å². The molecular formula is C13H18N2OS. The van der Waals surface area contributed by atoms with Crippen LogP contribution < -0.4 is 10.6 Å².